The molecule has 9 heteroatoms. The molecule has 0 saturated heterocycles. The molecule has 3 atom stereocenters. The van der Waals surface area contributed by atoms with E-state index in [0.717, 1.165) is 5.56 Å². The minimum atomic E-state index is -1.23. The van der Waals surface area contributed by atoms with Crippen LogP contribution in [-0.2, 0) is 16.9 Å². The third-order valence-electron chi connectivity index (χ3n) is 4.89. The first-order valence-electron chi connectivity index (χ1n) is 10.4. The Labute approximate surface area is 186 Å². The predicted molar refractivity (Wildman–Crippen MR) is 119 cm³/mol. The van der Waals surface area contributed by atoms with Crippen molar-refractivity contribution in [3.63, 3.8) is 0 Å². The van der Waals surface area contributed by atoms with E-state index in [2.05, 4.69) is 15.6 Å². The van der Waals surface area contributed by atoms with Crippen LogP contribution in [-0.4, -0.2) is 44.1 Å². The molecule has 0 fully saturated rings. The van der Waals surface area contributed by atoms with Gasteiger partial charge in [-0.3, -0.25) is 5.32 Å². The Hall–Kier alpha value is -2.69. The number of hydrogen-bond donors (Lipinski definition) is 4. The molecular weight excluding hydrogens is 413 g/mol. The fourth-order valence-electron chi connectivity index (χ4n) is 3.19. The number of nitrogens with one attached hydrogen (secondary N) is 1. The van der Waals surface area contributed by atoms with E-state index in [1.54, 1.807) is 16.9 Å². The molecule has 0 aliphatic heterocycles. The summed E-state index contributed by atoms with van der Waals surface area (Å²) in [6.45, 7) is 6.16. The average molecular weight is 444 g/mol. The second-order valence-corrected chi connectivity index (χ2v) is 8.64. The average Bonchev–Trinajstić information content (AvgIpc) is 3.26. The van der Waals surface area contributed by atoms with Crippen LogP contribution >= 0.6 is 0 Å². The molecule has 0 amide bonds. The van der Waals surface area contributed by atoms with Crippen LogP contribution in [0.4, 0.5) is 4.39 Å². The number of aromatic nitrogens is 3. The van der Waals surface area contributed by atoms with Gasteiger partial charge < -0.3 is 20.7 Å². The van der Waals surface area contributed by atoms with Gasteiger partial charge in [-0.25, -0.2) is 9.07 Å². The normalized spacial score (nSPS) is 14.8. The van der Waals surface area contributed by atoms with Gasteiger partial charge in [0.05, 0.1) is 30.1 Å². The van der Waals surface area contributed by atoms with E-state index in [-0.39, 0.29) is 18.7 Å². The maximum atomic E-state index is 14.3. The van der Waals surface area contributed by atoms with Crippen molar-refractivity contribution in [3.05, 3.63) is 71.7 Å². The lowest BCUT2D eigenvalue weighted by molar-refractivity contribution is -0.122. The van der Waals surface area contributed by atoms with Crippen molar-refractivity contribution in [1.82, 2.24) is 20.3 Å². The smallest absolute Gasteiger partial charge is 0.171 e. The molecule has 8 nitrogen and oxygen atoms in total. The van der Waals surface area contributed by atoms with Crippen molar-refractivity contribution >= 4 is 0 Å². The van der Waals surface area contributed by atoms with E-state index in [1.165, 1.54) is 12.1 Å². The van der Waals surface area contributed by atoms with Crippen LogP contribution in [0, 0.1) is 5.82 Å². The molecule has 2 aromatic carbocycles. The van der Waals surface area contributed by atoms with Crippen molar-refractivity contribution in [2.24, 2.45) is 5.73 Å². The minimum absolute atomic E-state index is 0.0461. The minimum Gasteiger partial charge on any atom is -0.374 e. The molecule has 3 rings (SSSR count). The summed E-state index contributed by atoms with van der Waals surface area (Å²) in [6.07, 6.45) is -0.874. The van der Waals surface area contributed by atoms with Gasteiger partial charge in [0.15, 0.2) is 6.29 Å². The molecule has 0 aliphatic rings. The number of aliphatic hydroxyl groups is 2. The van der Waals surface area contributed by atoms with E-state index in [4.69, 9.17) is 10.5 Å². The highest BCUT2D eigenvalue weighted by molar-refractivity contribution is 5.60. The topological polar surface area (TPSA) is 118 Å². The van der Waals surface area contributed by atoms with E-state index < -0.39 is 24.4 Å². The summed E-state index contributed by atoms with van der Waals surface area (Å²) in [5.74, 6) is -0.504. The van der Waals surface area contributed by atoms with Gasteiger partial charge in [0.1, 0.15) is 12.0 Å². The highest BCUT2D eigenvalue weighted by Gasteiger charge is 2.22. The Morgan fingerprint density at radius 3 is 2.56 bits per heavy atom. The fourth-order valence-corrected chi connectivity index (χ4v) is 3.19. The Morgan fingerprint density at radius 1 is 1.16 bits per heavy atom. The van der Waals surface area contributed by atoms with E-state index in [9.17, 15) is 14.6 Å². The molecule has 2 unspecified atom stereocenters. The van der Waals surface area contributed by atoms with Crippen LogP contribution in [0.15, 0.2) is 54.7 Å². The maximum Gasteiger partial charge on any atom is 0.171 e. The van der Waals surface area contributed by atoms with Crippen molar-refractivity contribution in [3.8, 4) is 11.3 Å². The number of nitrogens with two attached hydrogens (primary N) is 1. The van der Waals surface area contributed by atoms with E-state index >= 15 is 0 Å². The summed E-state index contributed by atoms with van der Waals surface area (Å²) >= 11 is 0. The summed E-state index contributed by atoms with van der Waals surface area (Å²) in [4.78, 5) is 0. The summed E-state index contributed by atoms with van der Waals surface area (Å²) in [5, 5.41) is 31.5. The SMILES string of the molecule is CC(C)(C)n1nncc1-c1cc(F)cc(C(O)NC[C@@H](N)C(O)OCc2ccccc2)c1. The predicted octanol–water partition coefficient (Wildman–Crippen LogP) is 2.28. The fraction of sp³-hybridized carbons (Fsp3) is 0.391. The zero-order valence-electron chi connectivity index (χ0n) is 18.4. The number of aliphatic hydroxyl groups excluding tert-OH is 2. The van der Waals surface area contributed by atoms with Gasteiger partial charge in [-0.2, -0.15) is 0 Å². The lowest BCUT2D eigenvalue weighted by Crippen LogP contribution is -2.45. The number of halogens is 1. The summed E-state index contributed by atoms with van der Waals surface area (Å²) in [7, 11) is 0. The molecule has 3 aromatic rings. The van der Waals surface area contributed by atoms with Gasteiger partial charge in [0, 0.05) is 12.1 Å². The van der Waals surface area contributed by atoms with Gasteiger partial charge in [-0.15, -0.1) is 5.10 Å². The van der Waals surface area contributed by atoms with Crippen LogP contribution in [0.25, 0.3) is 11.3 Å². The molecule has 1 aromatic heterocycles. The second kappa shape index (κ2) is 10.3. The van der Waals surface area contributed by atoms with Gasteiger partial charge in [0.25, 0.3) is 0 Å². The monoisotopic (exact) mass is 443 g/mol. The molecule has 172 valence electrons. The Morgan fingerprint density at radius 2 is 1.88 bits per heavy atom. The molecular formula is C23H30FN5O3. The highest BCUT2D eigenvalue weighted by atomic mass is 19.1. The van der Waals surface area contributed by atoms with Gasteiger partial charge in [0.2, 0.25) is 0 Å². The Balaban J connectivity index is 1.63. The van der Waals surface area contributed by atoms with Crippen LogP contribution in [0.3, 0.4) is 0 Å². The summed E-state index contributed by atoms with van der Waals surface area (Å²) in [5.41, 5.74) is 8.01. The van der Waals surface area contributed by atoms with E-state index in [0.29, 0.717) is 16.8 Å². The third-order valence-corrected chi connectivity index (χ3v) is 4.89. The third kappa shape index (κ3) is 6.18. The lowest BCUT2D eigenvalue weighted by Gasteiger charge is -2.23. The lowest BCUT2D eigenvalue weighted by atomic mass is 10.0. The molecule has 0 radical (unpaired) electrons. The van der Waals surface area contributed by atoms with Crippen LogP contribution < -0.4 is 11.1 Å². The van der Waals surface area contributed by atoms with Crippen LogP contribution in [0.2, 0.25) is 0 Å². The second-order valence-electron chi connectivity index (χ2n) is 8.64. The van der Waals surface area contributed by atoms with Crippen LogP contribution in [0.5, 0.6) is 0 Å². The first-order chi connectivity index (χ1) is 15.1. The zero-order chi connectivity index (χ0) is 23.3. The standard InChI is InChI=1S/C23H30FN5O3/c1-23(2,3)29-20(13-27-28-29)16-9-17(11-18(24)10-16)21(30)26-12-19(25)22(31)32-14-15-7-5-4-6-8-15/h4-11,13,19,21-22,26,30-31H,12,14,25H2,1-3H3/t19-,21?,22?/m1/s1. The number of rotatable bonds is 9. The summed E-state index contributed by atoms with van der Waals surface area (Å²) in [6, 6.07) is 12.9. The molecule has 0 saturated carbocycles. The first kappa shape index (κ1) is 24.0. The molecule has 0 aliphatic carbocycles. The van der Waals surface area contributed by atoms with Crippen LogP contribution in [0.1, 0.15) is 38.1 Å². The van der Waals surface area contributed by atoms with Crippen molar-refractivity contribution in [1.29, 1.82) is 0 Å². The van der Waals surface area contributed by atoms with E-state index in [1.807, 2.05) is 51.1 Å². The number of nitrogens with zero attached hydrogens (tertiary/aromatic N) is 3. The van der Waals surface area contributed by atoms with Crippen molar-refractivity contribution < 1.29 is 19.3 Å². The zero-order valence-corrected chi connectivity index (χ0v) is 18.4. The number of hydrogen-bond acceptors (Lipinski definition) is 7. The van der Waals surface area contributed by atoms with Gasteiger partial charge in [-0.1, -0.05) is 35.5 Å². The summed E-state index contributed by atoms with van der Waals surface area (Å²) < 4.78 is 21.4. The van der Waals surface area contributed by atoms with Crippen molar-refractivity contribution in [2.45, 2.75) is 51.5 Å². The Bertz CT molecular complexity index is 1010. The van der Waals surface area contributed by atoms with Crippen molar-refractivity contribution in [2.75, 3.05) is 6.54 Å². The molecule has 1 heterocycles. The highest BCUT2D eigenvalue weighted by Crippen LogP contribution is 2.27. The quantitative estimate of drug-likeness (QED) is 0.375. The molecule has 0 spiro atoms. The first-order valence-corrected chi connectivity index (χ1v) is 10.4. The molecule has 32 heavy (non-hydrogen) atoms. The largest absolute Gasteiger partial charge is 0.374 e. The van der Waals surface area contributed by atoms with Gasteiger partial charge in [-0.05, 0) is 50.1 Å². The van der Waals surface area contributed by atoms with Gasteiger partial charge >= 0.3 is 0 Å². The maximum absolute atomic E-state index is 14.3. The molecule has 0 bridgehead atoms. The number of ether oxygens (including phenoxy) is 1. The molecule has 5 N–H and O–H groups in total. The Kier molecular flexibility index (Phi) is 7.70. The number of benzene rings is 2.